The van der Waals surface area contributed by atoms with E-state index in [9.17, 15) is 5.11 Å². The smallest absolute Gasteiger partial charge is 0.141 e. The second-order valence-corrected chi connectivity index (χ2v) is 8.22. The minimum Gasteiger partial charge on any atom is -0.395 e. The Balaban J connectivity index is 1.74. The first-order valence-corrected chi connectivity index (χ1v) is 10.4. The van der Waals surface area contributed by atoms with Crippen molar-refractivity contribution >= 4 is 27.4 Å². The molecule has 0 atom stereocenters. The number of aromatic nitrogens is 2. The van der Waals surface area contributed by atoms with Crippen molar-refractivity contribution in [2.24, 2.45) is 0 Å². The van der Waals surface area contributed by atoms with Gasteiger partial charge in [-0.25, -0.2) is 9.97 Å². The molecule has 0 bridgehead atoms. The van der Waals surface area contributed by atoms with Crippen LogP contribution < -0.4 is 4.90 Å². The number of aliphatic hydroxyl groups is 1. The topological polar surface area (TPSA) is 52.5 Å². The van der Waals surface area contributed by atoms with Crippen LogP contribution in [-0.4, -0.2) is 59.3 Å². The van der Waals surface area contributed by atoms with Gasteiger partial charge in [0.25, 0.3) is 0 Å². The maximum absolute atomic E-state index is 9.17. The first kappa shape index (κ1) is 18.3. The van der Waals surface area contributed by atoms with Crippen LogP contribution in [0.1, 0.15) is 17.4 Å². The number of aliphatic hydroxyl groups excluding tert-OH is 1. The van der Waals surface area contributed by atoms with Crippen LogP contribution in [0.4, 0.5) is 5.82 Å². The summed E-state index contributed by atoms with van der Waals surface area (Å²) in [5, 5.41) is 10.4. The molecule has 0 spiro atoms. The lowest BCUT2D eigenvalue weighted by atomic mass is 10.0. The summed E-state index contributed by atoms with van der Waals surface area (Å²) in [6.07, 6.45) is 2.74. The Morgan fingerprint density at radius 1 is 1.07 bits per heavy atom. The van der Waals surface area contributed by atoms with Gasteiger partial charge in [-0.3, -0.25) is 4.90 Å². The summed E-state index contributed by atoms with van der Waals surface area (Å²) >= 11 is 1.75. The van der Waals surface area contributed by atoms with Gasteiger partial charge in [0.2, 0.25) is 0 Å². The fourth-order valence-electron chi connectivity index (χ4n) is 3.85. The number of β-amino-alcohol motifs (C(OH)–C–C–N with tert-alkyl or cyclic N) is 1. The summed E-state index contributed by atoms with van der Waals surface area (Å²) in [6.45, 7) is 9.09. The predicted octanol–water partition coefficient (Wildman–Crippen LogP) is 3.34. The Morgan fingerprint density at radius 2 is 1.81 bits per heavy atom. The van der Waals surface area contributed by atoms with E-state index in [-0.39, 0.29) is 6.61 Å². The van der Waals surface area contributed by atoms with Gasteiger partial charge in [0.1, 0.15) is 17.0 Å². The second-order valence-electron chi connectivity index (χ2n) is 7.01. The minimum absolute atomic E-state index is 0.222. The molecule has 4 rings (SSSR count). The van der Waals surface area contributed by atoms with E-state index in [0.29, 0.717) is 0 Å². The summed E-state index contributed by atoms with van der Waals surface area (Å²) in [5.74, 6) is 1.04. The molecule has 1 aliphatic heterocycles. The average molecular weight is 383 g/mol. The molecule has 1 saturated heterocycles. The van der Waals surface area contributed by atoms with E-state index in [2.05, 4.69) is 57.9 Å². The highest BCUT2D eigenvalue weighted by Crippen LogP contribution is 2.41. The van der Waals surface area contributed by atoms with Gasteiger partial charge < -0.3 is 10.0 Å². The lowest BCUT2D eigenvalue weighted by molar-refractivity contribution is 0.188. The number of rotatable bonds is 5. The quantitative estimate of drug-likeness (QED) is 0.733. The number of aryl methyl sites for hydroxylation is 2. The first-order chi connectivity index (χ1) is 13.2. The van der Waals surface area contributed by atoms with Crippen molar-refractivity contribution in [3.8, 4) is 11.1 Å². The molecule has 0 saturated carbocycles. The van der Waals surface area contributed by atoms with Crippen LogP contribution in [0.15, 0.2) is 30.6 Å². The fraction of sp³-hybridized carbons (Fsp3) is 0.429. The molecule has 0 unspecified atom stereocenters. The highest BCUT2D eigenvalue weighted by Gasteiger charge is 2.23. The lowest BCUT2D eigenvalue weighted by Gasteiger charge is -2.35. The number of nitrogens with zero attached hydrogens (tertiary/aromatic N) is 4. The molecule has 5 nitrogen and oxygen atoms in total. The van der Waals surface area contributed by atoms with Crippen LogP contribution in [0.25, 0.3) is 21.3 Å². The largest absolute Gasteiger partial charge is 0.395 e. The zero-order valence-corrected chi connectivity index (χ0v) is 16.8. The number of benzene rings is 1. The van der Waals surface area contributed by atoms with Gasteiger partial charge in [0.05, 0.1) is 12.0 Å². The molecule has 0 aliphatic carbocycles. The third-order valence-electron chi connectivity index (χ3n) is 5.38. The Morgan fingerprint density at radius 3 is 2.48 bits per heavy atom. The standard InChI is InChI=1S/C21H26N4OS/c1-3-16-4-6-17(7-5-16)18-15(2)27-21-19(18)20(22-14-23-21)25-10-8-24(9-11-25)12-13-26/h4-7,14,26H,3,8-13H2,1-2H3. The first-order valence-electron chi connectivity index (χ1n) is 9.62. The molecular weight excluding hydrogens is 356 g/mol. The zero-order chi connectivity index (χ0) is 18.8. The zero-order valence-electron chi connectivity index (χ0n) is 16.0. The maximum atomic E-state index is 9.17. The van der Waals surface area contributed by atoms with Crippen molar-refractivity contribution in [1.29, 1.82) is 0 Å². The van der Waals surface area contributed by atoms with Crippen LogP contribution in [0.5, 0.6) is 0 Å². The van der Waals surface area contributed by atoms with Gasteiger partial charge in [0, 0.05) is 43.2 Å². The normalized spacial score (nSPS) is 15.6. The Kier molecular flexibility index (Phi) is 5.38. The van der Waals surface area contributed by atoms with Gasteiger partial charge in [-0.15, -0.1) is 11.3 Å². The molecule has 1 aromatic carbocycles. The molecule has 1 aliphatic rings. The molecule has 142 valence electrons. The molecule has 6 heteroatoms. The van der Waals surface area contributed by atoms with E-state index < -0.39 is 0 Å². The number of anilines is 1. The monoisotopic (exact) mass is 382 g/mol. The van der Waals surface area contributed by atoms with Crippen LogP contribution >= 0.6 is 11.3 Å². The predicted molar refractivity (Wildman–Crippen MR) is 113 cm³/mol. The number of thiophene rings is 1. The van der Waals surface area contributed by atoms with Gasteiger partial charge in [-0.1, -0.05) is 31.2 Å². The van der Waals surface area contributed by atoms with Crippen molar-refractivity contribution in [3.63, 3.8) is 0 Å². The number of fused-ring (bicyclic) bond motifs is 1. The SMILES string of the molecule is CCc1ccc(-c2c(C)sc3ncnc(N4CCN(CCO)CC4)c23)cc1. The molecule has 27 heavy (non-hydrogen) atoms. The van der Waals surface area contributed by atoms with E-state index in [1.165, 1.54) is 27.0 Å². The summed E-state index contributed by atoms with van der Waals surface area (Å²) in [6, 6.07) is 8.89. The number of piperazine rings is 1. The summed E-state index contributed by atoms with van der Waals surface area (Å²) in [5.41, 5.74) is 3.87. The van der Waals surface area contributed by atoms with Gasteiger partial charge >= 0.3 is 0 Å². The third kappa shape index (κ3) is 3.57. The van der Waals surface area contributed by atoms with Crippen LogP contribution in [0, 0.1) is 6.92 Å². The van der Waals surface area contributed by atoms with Gasteiger partial charge in [-0.2, -0.15) is 0 Å². The molecule has 3 heterocycles. The van der Waals surface area contributed by atoms with E-state index >= 15 is 0 Å². The van der Waals surface area contributed by atoms with Gasteiger partial charge in [0.15, 0.2) is 0 Å². The lowest BCUT2D eigenvalue weighted by Crippen LogP contribution is -2.47. The van der Waals surface area contributed by atoms with Crippen molar-refractivity contribution in [1.82, 2.24) is 14.9 Å². The molecule has 3 aromatic rings. The van der Waals surface area contributed by atoms with E-state index in [1.54, 1.807) is 17.7 Å². The highest BCUT2D eigenvalue weighted by atomic mass is 32.1. The van der Waals surface area contributed by atoms with Crippen LogP contribution in [-0.2, 0) is 6.42 Å². The van der Waals surface area contributed by atoms with Crippen molar-refractivity contribution in [2.75, 3.05) is 44.2 Å². The Labute approximate surface area is 164 Å². The van der Waals surface area contributed by atoms with E-state index in [1.807, 2.05) is 0 Å². The Hall–Kier alpha value is -2.02. The van der Waals surface area contributed by atoms with Crippen molar-refractivity contribution in [2.45, 2.75) is 20.3 Å². The van der Waals surface area contributed by atoms with Crippen LogP contribution in [0.2, 0.25) is 0 Å². The highest BCUT2D eigenvalue weighted by molar-refractivity contribution is 7.19. The van der Waals surface area contributed by atoms with Gasteiger partial charge in [-0.05, 0) is 24.5 Å². The average Bonchev–Trinajstić information content (AvgIpc) is 3.05. The second kappa shape index (κ2) is 7.92. The Bertz CT molecular complexity index is 914. The van der Waals surface area contributed by atoms with Crippen LogP contribution in [0.3, 0.4) is 0 Å². The number of hydrogen-bond acceptors (Lipinski definition) is 6. The summed E-state index contributed by atoms with van der Waals surface area (Å²) in [7, 11) is 0. The summed E-state index contributed by atoms with van der Waals surface area (Å²) in [4.78, 5) is 16.3. The molecule has 1 N–H and O–H groups in total. The van der Waals surface area contributed by atoms with Crippen molar-refractivity contribution in [3.05, 3.63) is 41.0 Å². The maximum Gasteiger partial charge on any atom is 0.141 e. The summed E-state index contributed by atoms with van der Waals surface area (Å²) < 4.78 is 0. The molecular formula is C21H26N4OS. The van der Waals surface area contributed by atoms with E-state index in [0.717, 1.165) is 49.8 Å². The molecule has 2 aromatic heterocycles. The van der Waals surface area contributed by atoms with Crippen molar-refractivity contribution < 1.29 is 5.11 Å². The molecule has 1 fully saturated rings. The minimum atomic E-state index is 0.222. The fourth-order valence-corrected chi connectivity index (χ4v) is 4.86. The molecule has 0 radical (unpaired) electrons. The third-order valence-corrected chi connectivity index (χ3v) is 6.40. The molecule has 0 amide bonds. The number of hydrogen-bond donors (Lipinski definition) is 1. The van der Waals surface area contributed by atoms with E-state index in [4.69, 9.17) is 0 Å².